The minimum absolute atomic E-state index is 1.25. The molecule has 1 aliphatic rings. The van der Waals surface area contributed by atoms with Crippen LogP contribution in [-0.2, 0) is 0 Å². The summed E-state index contributed by atoms with van der Waals surface area (Å²) < 4.78 is 0. The third-order valence-corrected chi connectivity index (χ3v) is 1.000. The summed E-state index contributed by atoms with van der Waals surface area (Å²) in [7, 11) is 0. The van der Waals surface area contributed by atoms with Crippen LogP contribution in [0.3, 0.4) is 0 Å². The van der Waals surface area contributed by atoms with E-state index in [0.717, 1.165) is 0 Å². The summed E-state index contributed by atoms with van der Waals surface area (Å²) in [5.41, 5.74) is 0. The maximum Gasteiger partial charge on any atom is -0.0533 e. The number of rotatable bonds is 0. The SMILES string of the molecule is C1CCC1.C=C.C=C.CC.CCC. The Morgan fingerprint density at radius 2 is 0.769 bits per heavy atom. The van der Waals surface area contributed by atoms with E-state index in [2.05, 4.69) is 40.2 Å². The van der Waals surface area contributed by atoms with Crippen LogP contribution in [0, 0.1) is 0 Å². The summed E-state index contributed by atoms with van der Waals surface area (Å²) in [4.78, 5) is 0. The molecule has 0 radical (unpaired) electrons. The molecule has 0 nitrogen and oxygen atoms in total. The van der Waals surface area contributed by atoms with Crippen LogP contribution in [0.4, 0.5) is 0 Å². The Labute approximate surface area is 86.8 Å². The Balaban J connectivity index is -0.0000000413. The molecular weight excluding hydrogens is 156 g/mol. The van der Waals surface area contributed by atoms with E-state index < -0.39 is 0 Å². The summed E-state index contributed by atoms with van der Waals surface area (Å²) in [6, 6.07) is 0. The predicted molar refractivity (Wildman–Crippen MR) is 68.3 cm³/mol. The fourth-order valence-corrected chi connectivity index (χ4v) is 0.250. The van der Waals surface area contributed by atoms with Crippen LogP contribution >= 0.6 is 0 Å². The molecule has 0 amide bonds. The lowest BCUT2D eigenvalue weighted by Crippen LogP contribution is -1.85. The van der Waals surface area contributed by atoms with Crippen LogP contribution in [0.15, 0.2) is 26.3 Å². The summed E-state index contributed by atoms with van der Waals surface area (Å²) in [6.07, 6.45) is 7.25. The van der Waals surface area contributed by atoms with Crippen molar-refractivity contribution in [3.05, 3.63) is 26.3 Å². The fourth-order valence-electron chi connectivity index (χ4n) is 0.250. The number of hydrogen-bond donors (Lipinski definition) is 0. The second-order valence-electron chi connectivity index (χ2n) is 2.12. The van der Waals surface area contributed by atoms with Crippen molar-refractivity contribution in [2.75, 3.05) is 0 Å². The first-order chi connectivity index (χ1) is 6.41. The van der Waals surface area contributed by atoms with Crippen molar-refractivity contribution in [2.24, 2.45) is 0 Å². The zero-order valence-corrected chi connectivity index (χ0v) is 10.4. The largest absolute Gasteiger partial charge is 0.106 e. The van der Waals surface area contributed by atoms with Gasteiger partial charge in [-0.3, -0.25) is 0 Å². The van der Waals surface area contributed by atoms with Gasteiger partial charge in [-0.25, -0.2) is 0 Å². The first-order valence-electron chi connectivity index (χ1n) is 5.41. The number of hydrogen-bond acceptors (Lipinski definition) is 0. The molecule has 0 atom stereocenters. The van der Waals surface area contributed by atoms with Gasteiger partial charge < -0.3 is 0 Å². The molecule has 0 aromatic heterocycles. The molecule has 0 spiro atoms. The highest BCUT2D eigenvalue weighted by Gasteiger charge is 1.95. The standard InChI is InChI=1S/C4H8.C3H8.C2H6.2C2H4/c1-2-4-3-1;1-3-2;3*1-2/h1-4H2;3H2,1-2H3;1-2H3;2*1-2H2. The molecule has 0 aromatic rings. The molecule has 1 rings (SSSR count). The zero-order chi connectivity index (χ0) is 11.5. The topological polar surface area (TPSA) is 0 Å². The fraction of sp³-hybridized carbons (Fsp3) is 0.692. The highest BCUT2D eigenvalue weighted by Crippen LogP contribution is 2.15. The van der Waals surface area contributed by atoms with Gasteiger partial charge in [0.2, 0.25) is 0 Å². The third-order valence-electron chi connectivity index (χ3n) is 1.000. The van der Waals surface area contributed by atoms with E-state index in [-0.39, 0.29) is 0 Å². The Bertz CT molecular complexity index is 29.3. The molecule has 13 heavy (non-hydrogen) atoms. The van der Waals surface area contributed by atoms with Crippen molar-refractivity contribution in [3.8, 4) is 0 Å². The lowest BCUT2D eigenvalue weighted by molar-refractivity contribution is 0.504. The smallest absolute Gasteiger partial charge is 0.0533 e. The third kappa shape index (κ3) is 85.2. The Morgan fingerprint density at radius 3 is 0.769 bits per heavy atom. The molecule has 1 fully saturated rings. The van der Waals surface area contributed by atoms with Crippen LogP contribution in [-0.4, -0.2) is 0 Å². The van der Waals surface area contributed by atoms with Gasteiger partial charge in [-0.1, -0.05) is 59.8 Å². The summed E-state index contributed by atoms with van der Waals surface area (Å²) in [6.45, 7) is 20.2. The van der Waals surface area contributed by atoms with Gasteiger partial charge in [-0.15, -0.1) is 26.3 Å². The van der Waals surface area contributed by atoms with Gasteiger partial charge in [-0.2, -0.15) is 0 Å². The van der Waals surface area contributed by atoms with Crippen molar-refractivity contribution in [1.82, 2.24) is 0 Å². The van der Waals surface area contributed by atoms with Crippen LogP contribution < -0.4 is 0 Å². The zero-order valence-electron chi connectivity index (χ0n) is 10.4. The Morgan fingerprint density at radius 1 is 0.692 bits per heavy atom. The Kier molecular flexibility index (Phi) is 111. The average Bonchev–Trinajstić information content (AvgIpc) is 2.12. The molecular formula is C13H30. The van der Waals surface area contributed by atoms with Crippen molar-refractivity contribution >= 4 is 0 Å². The highest BCUT2D eigenvalue weighted by atomic mass is 14.0. The monoisotopic (exact) mass is 186 g/mol. The molecule has 0 heteroatoms. The van der Waals surface area contributed by atoms with Gasteiger partial charge in [0, 0.05) is 0 Å². The van der Waals surface area contributed by atoms with Crippen LogP contribution in [0.1, 0.15) is 59.8 Å². The molecule has 0 bridgehead atoms. The lowest BCUT2D eigenvalue weighted by atomic mass is 10.0. The van der Waals surface area contributed by atoms with Gasteiger partial charge in [-0.05, 0) is 0 Å². The molecule has 0 aliphatic heterocycles. The molecule has 0 N–H and O–H groups in total. The van der Waals surface area contributed by atoms with Crippen molar-refractivity contribution < 1.29 is 0 Å². The van der Waals surface area contributed by atoms with Crippen molar-refractivity contribution in [2.45, 2.75) is 59.8 Å². The van der Waals surface area contributed by atoms with E-state index in [1.807, 2.05) is 13.8 Å². The van der Waals surface area contributed by atoms with Gasteiger partial charge in [0.05, 0.1) is 0 Å². The molecule has 0 heterocycles. The first-order valence-corrected chi connectivity index (χ1v) is 5.41. The maximum absolute atomic E-state index is 3.00. The minimum Gasteiger partial charge on any atom is -0.106 e. The molecule has 0 aromatic carbocycles. The van der Waals surface area contributed by atoms with E-state index in [9.17, 15) is 0 Å². The van der Waals surface area contributed by atoms with Crippen LogP contribution in [0.5, 0.6) is 0 Å². The average molecular weight is 186 g/mol. The Hall–Kier alpha value is -0.520. The van der Waals surface area contributed by atoms with Crippen LogP contribution in [0.25, 0.3) is 0 Å². The molecule has 0 saturated heterocycles. The summed E-state index contributed by atoms with van der Waals surface area (Å²) >= 11 is 0. The quantitative estimate of drug-likeness (QED) is 0.431. The highest BCUT2D eigenvalue weighted by molar-refractivity contribution is 4.50. The van der Waals surface area contributed by atoms with E-state index in [4.69, 9.17) is 0 Å². The molecule has 1 aliphatic carbocycles. The molecule has 1 saturated carbocycles. The van der Waals surface area contributed by atoms with Gasteiger partial charge in [0.1, 0.15) is 0 Å². The van der Waals surface area contributed by atoms with Gasteiger partial charge in [0.25, 0.3) is 0 Å². The predicted octanol–water partition coefficient (Wildman–Crippen LogP) is 5.61. The van der Waals surface area contributed by atoms with E-state index in [0.29, 0.717) is 0 Å². The summed E-state index contributed by atoms with van der Waals surface area (Å²) in [5.74, 6) is 0. The second kappa shape index (κ2) is 62.8. The van der Waals surface area contributed by atoms with E-state index in [1.165, 1.54) is 32.1 Å². The van der Waals surface area contributed by atoms with E-state index >= 15 is 0 Å². The second-order valence-corrected chi connectivity index (χ2v) is 2.12. The van der Waals surface area contributed by atoms with Crippen LogP contribution in [0.2, 0.25) is 0 Å². The first kappa shape index (κ1) is 22.9. The van der Waals surface area contributed by atoms with Crippen molar-refractivity contribution in [1.29, 1.82) is 0 Å². The van der Waals surface area contributed by atoms with Gasteiger partial charge in [0.15, 0.2) is 0 Å². The van der Waals surface area contributed by atoms with Crippen molar-refractivity contribution in [3.63, 3.8) is 0 Å². The maximum atomic E-state index is 3.00. The van der Waals surface area contributed by atoms with E-state index in [1.54, 1.807) is 0 Å². The minimum atomic E-state index is 1.25. The van der Waals surface area contributed by atoms with Gasteiger partial charge >= 0.3 is 0 Å². The summed E-state index contributed by atoms with van der Waals surface area (Å²) in [5, 5.41) is 0. The lowest BCUT2D eigenvalue weighted by Gasteiger charge is -2.05. The molecule has 82 valence electrons. The normalized spacial score (nSPS) is 9.85. The molecule has 0 unspecified atom stereocenters.